The number of nitrogens with zero attached hydrogens (tertiary/aromatic N) is 2. The standard InChI is InChI=1S/C14H23N3O2/c1-10(2)17-12(11(19-4)8-16-17)13(18)14(3)6-5-7-15-9-14/h8,10,15H,5-7,9H2,1-4H3. The van der Waals surface area contributed by atoms with Crippen molar-refractivity contribution >= 4 is 5.78 Å². The molecule has 2 heterocycles. The Bertz CT molecular complexity index is 459. The molecule has 1 aromatic rings. The molecular formula is C14H23N3O2. The number of carbonyl (C=O) groups is 1. The zero-order valence-corrected chi connectivity index (χ0v) is 12.2. The zero-order valence-electron chi connectivity index (χ0n) is 12.2. The highest BCUT2D eigenvalue weighted by atomic mass is 16.5. The van der Waals surface area contributed by atoms with Crippen molar-refractivity contribution in [3.05, 3.63) is 11.9 Å². The van der Waals surface area contributed by atoms with Crippen LogP contribution in [0.4, 0.5) is 0 Å². The minimum atomic E-state index is -0.363. The van der Waals surface area contributed by atoms with Crippen molar-refractivity contribution in [2.75, 3.05) is 20.2 Å². The Kier molecular flexibility index (Phi) is 3.94. The summed E-state index contributed by atoms with van der Waals surface area (Å²) in [7, 11) is 1.58. The first-order chi connectivity index (χ1) is 8.99. The minimum absolute atomic E-state index is 0.128. The van der Waals surface area contributed by atoms with E-state index in [2.05, 4.69) is 10.4 Å². The fourth-order valence-corrected chi connectivity index (χ4v) is 2.64. The van der Waals surface area contributed by atoms with E-state index >= 15 is 0 Å². The SMILES string of the molecule is COc1cnn(C(C)C)c1C(=O)C1(C)CCCNC1. The van der Waals surface area contributed by atoms with Gasteiger partial charge in [-0.25, -0.2) is 0 Å². The summed E-state index contributed by atoms with van der Waals surface area (Å²) in [5, 5.41) is 7.60. The Balaban J connectivity index is 2.39. The van der Waals surface area contributed by atoms with E-state index in [0.29, 0.717) is 11.4 Å². The van der Waals surface area contributed by atoms with Crippen molar-refractivity contribution in [2.24, 2.45) is 5.41 Å². The molecule has 0 bridgehead atoms. The number of ketones is 1. The van der Waals surface area contributed by atoms with Gasteiger partial charge in [-0.2, -0.15) is 5.10 Å². The van der Waals surface area contributed by atoms with E-state index < -0.39 is 0 Å². The summed E-state index contributed by atoms with van der Waals surface area (Å²) in [4.78, 5) is 12.9. The minimum Gasteiger partial charge on any atom is -0.493 e. The second-order valence-corrected chi connectivity index (χ2v) is 5.77. The van der Waals surface area contributed by atoms with Crippen LogP contribution in [0, 0.1) is 5.41 Å². The smallest absolute Gasteiger partial charge is 0.191 e. The van der Waals surface area contributed by atoms with Gasteiger partial charge in [0.05, 0.1) is 13.3 Å². The van der Waals surface area contributed by atoms with Crippen LogP contribution in [0.3, 0.4) is 0 Å². The monoisotopic (exact) mass is 265 g/mol. The normalized spacial score (nSPS) is 23.6. The van der Waals surface area contributed by atoms with E-state index in [4.69, 9.17) is 4.74 Å². The van der Waals surface area contributed by atoms with Gasteiger partial charge < -0.3 is 10.1 Å². The van der Waals surface area contributed by atoms with Crippen LogP contribution in [0.5, 0.6) is 5.75 Å². The lowest BCUT2D eigenvalue weighted by molar-refractivity contribution is 0.0755. The van der Waals surface area contributed by atoms with Crippen LogP contribution >= 0.6 is 0 Å². The third kappa shape index (κ3) is 2.52. The van der Waals surface area contributed by atoms with Gasteiger partial charge in [-0.15, -0.1) is 0 Å². The molecule has 1 atom stereocenters. The lowest BCUT2D eigenvalue weighted by Gasteiger charge is -2.33. The molecule has 0 spiro atoms. The van der Waals surface area contributed by atoms with Gasteiger partial charge in [0.2, 0.25) is 0 Å². The van der Waals surface area contributed by atoms with Crippen molar-refractivity contribution in [1.29, 1.82) is 0 Å². The molecule has 0 saturated carbocycles. The first-order valence-electron chi connectivity index (χ1n) is 6.86. The molecule has 106 valence electrons. The molecule has 1 N–H and O–H groups in total. The third-order valence-corrected chi connectivity index (χ3v) is 3.83. The molecule has 1 aliphatic rings. The number of hydrogen-bond acceptors (Lipinski definition) is 4. The molecule has 1 unspecified atom stereocenters. The summed E-state index contributed by atoms with van der Waals surface area (Å²) >= 11 is 0. The number of carbonyl (C=O) groups excluding carboxylic acids is 1. The first kappa shape index (κ1) is 14.1. The summed E-state index contributed by atoms with van der Waals surface area (Å²) in [6, 6.07) is 0.142. The molecule has 1 saturated heterocycles. The lowest BCUT2D eigenvalue weighted by atomic mass is 9.77. The highest BCUT2D eigenvalue weighted by Gasteiger charge is 2.38. The molecule has 1 aromatic heterocycles. The molecule has 1 aliphatic heterocycles. The Morgan fingerprint density at radius 3 is 2.84 bits per heavy atom. The summed E-state index contributed by atoms with van der Waals surface area (Å²) in [6.07, 6.45) is 3.57. The molecule has 19 heavy (non-hydrogen) atoms. The Morgan fingerprint density at radius 1 is 1.58 bits per heavy atom. The van der Waals surface area contributed by atoms with Gasteiger partial charge in [-0.05, 0) is 33.2 Å². The van der Waals surface area contributed by atoms with Gasteiger partial charge in [-0.1, -0.05) is 6.92 Å². The summed E-state index contributed by atoms with van der Waals surface area (Å²) < 4.78 is 7.07. The lowest BCUT2D eigenvalue weighted by Crippen LogP contribution is -2.44. The number of ether oxygens (including phenoxy) is 1. The van der Waals surface area contributed by atoms with Crippen molar-refractivity contribution in [3.8, 4) is 5.75 Å². The van der Waals surface area contributed by atoms with Crippen molar-refractivity contribution in [3.63, 3.8) is 0 Å². The van der Waals surface area contributed by atoms with Gasteiger partial charge >= 0.3 is 0 Å². The molecular weight excluding hydrogens is 242 g/mol. The van der Waals surface area contributed by atoms with E-state index in [1.165, 1.54) is 0 Å². The van der Waals surface area contributed by atoms with Crippen LogP contribution < -0.4 is 10.1 Å². The predicted octanol–water partition coefficient (Wildman–Crippen LogP) is 2.04. The molecule has 0 aliphatic carbocycles. The van der Waals surface area contributed by atoms with Gasteiger partial charge in [0.1, 0.15) is 5.69 Å². The summed E-state index contributed by atoms with van der Waals surface area (Å²) in [5.74, 6) is 0.702. The first-order valence-corrected chi connectivity index (χ1v) is 6.86. The fraction of sp³-hybridized carbons (Fsp3) is 0.714. The fourth-order valence-electron chi connectivity index (χ4n) is 2.64. The van der Waals surface area contributed by atoms with Crippen LogP contribution in [-0.4, -0.2) is 35.8 Å². The average Bonchev–Trinajstić information content (AvgIpc) is 2.82. The number of methoxy groups -OCH3 is 1. The van der Waals surface area contributed by atoms with Crippen LogP contribution in [0.15, 0.2) is 6.20 Å². The molecule has 0 amide bonds. The number of hydrogen-bond donors (Lipinski definition) is 1. The molecule has 5 heteroatoms. The summed E-state index contributed by atoms with van der Waals surface area (Å²) in [6.45, 7) is 7.77. The Hall–Kier alpha value is -1.36. The van der Waals surface area contributed by atoms with Crippen molar-refractivity contribution in [2.45, 2.75) is 39.7 Å². The highest BCUT2D eigenvalue weighted by Crippen LogP contribution is 2.34. The van der Waals surface area contributed by atoms with Gasteiger partial charge in [0.15, 0.2) is 11.5 Å². The second-order valence-electron chi connectivity index (χ2n) is 5.77. The van der Waals surface area contributed by atoms with Crippen molar-refractivity contribution in [1.82, 2.24) is 15.1 Å². The maximum atomic E-state index is 12.9. The topological polar surface area (TPSA) is 56.2 Å². The Labute approximate surface area is 114 Å². The molecule has 5 nitrogen and oxygen atoms in total. The third-order valence-electron chi connectivity index (χ3n) is 3.83. The van der Waals surface area contributed by atoms with Gasteiger partial charge in [-0.3, -0.25) is 9.48 Å². The van der Waals surface area contributed by atoms with Crippen LogP contribution in [0.25, 0.3) is 0 Å². The quantitative estimate of drug-likeness (QED) is 0.846. The number of nitrogens with one attached hydrogen (secondary N) is 1. The summed E-state index contributed by atoms with van der Waals surface area (Å²) in [5.41, 5.74) is 0.238. The maximum absolute atomic E-state index is 12.9. The Morgan fingerprint density at radius 2 is 2.32 bits per heavy atom. The van der Waals surface area contributed by atoms with E-state index in [1.54, 1.807) is 18.0 Å². The molecule has 0 radical (unpaired) electrons. The average molecular weight is 265 g/mol. The van der Waals surface area contributed by atoms with E-state index in [-0.39, 0.29) is 17.2 Å². The second kappa shape index (κ2) is 5.33. The van der Waals surface area contributed by atoms with Gasteiger partial charge in [0.25, 0.3) is 0 Å². The van der Waals surface area contributed by atoms with Crippen molar-refractivity contribution < 1.29 is 9.53 Å². The zero-order chi connectivity index (χ0) is 14.0. The molecule has 2 rings (SSSR count). The number of piperidine rings is 1. The van der Waals surface area contributed by atoms with E-state index in [0.717, 1.165) is 25.9 Å². The highest BCUT2D eigenvalue weighted by molar-refractivity contribution is 6.01. The predicted molar refractivity (Wildman–Crippen MR) is 73.7 cm³/mol. The maximum Gasteiger partial charge on any atom is 0.191 e. The van der Waals surface area contributed by atoms with E-state index in [9.17, 15) is 4.79 Å². The van der Waals surface area contributed by atoms with Crippen LogP contribution in [-0.2, 0) is 0 Å². The van der Waals surface area contributed by atoms with Crippen LogP contribution in [0.1, 0.15) is 50.1 Å². The van der Waals surface area contributed by atoms with Crippen LogP contribution in [0.2, 0.25) is 0 Å². The largest absolute Gasteiger partial charge is 0.493 e. The van der Waals surface area contributed by atoms with Gasteiger partial charge in [0, 0.05) is 18.0 Å². The molecule has 0 aromatic carbocycles. The number of Topliss-reactive ketones (excluding diaryl/α,β-unsaturated/α-hetero) is 1. The number of rotatable bonds is 4. The van der Waals surface area contributed by atoms with E-state index in [1.807, 2.05) is 20.8 Å². The number of aromatic nitrogens is 2. The molecule has 1 fully saturated rings.